The van der Waals surface area contributed by atoms with Crippen LogP contribution in [0.4, 0.5) is 0 Å². The molecule has 0 aliphatic carbocycles. The van der Waals surface area contributed by atoms with Crippen LogP contribution in [0.25, 0.3) is 0 Å². The molecule has 0 saturated carbocycles. The lowest BCUT2D eigenvalue weighted by atomic mass is 9.94. The number of nitrogens with two attached hydrogens (primary N) is 1. The average molecular weight is 256 g/mol. The van der Waals surface area contributed by atoms with Gasteiger partial charge < -0.3 is 10.5 Å². The second kappa shape index (κ2) is 5.41. The van der Waals surface area contributed by atoms with E-state index in [1.807, 2.05) is 32.3 Å². The number of aryl methyl sites for hydroxylation is 3. The Morgan fingerprint density at radius 3 is 2.42 bits per heavy atom. The van der Waals surface area contributed by atoms with Crippen LogP contribution in [0.15, 0.2) is 30.6 Å². The fourth-order valence-electron chi connectivity index (χ4n) is 2.29. The molecule has 0 saturated heterocycles. The van der Waals surface area contributed by atoms with Crippen molar-refractivity contribution in [2.45, 2.75) is 26.8 Å². The maximum Gasteiger partial charge on any atom is 0.122 e. The van der Waals surface area contributed by atoms with Crippen molar-refractivity contribution in [2.75, 3.05) is 7.11 Å². The van der Waals surface area contributed by atoms with Gasteiger partial charge in [-0.25, -0.2) is 0 Å². The van der Waals surface area contributed by atoms with E-state index in [4.69, 9.17) is 10.5 Å². The molecule has 1 unspecified atom stereocenters. The summed E-state index contributed by atoms with van der Waals surface area (Å²) in [6, 6.07) is 6.06. The van der Waals surface area contributed by atoms with E-state index in [-0.39, 0.29) is 6.04 Å². The van der Waals surface area contributed by atoms with Crippen LogP contribution in [0.5, 0.6) is 5.75 Å². The monoisotopic (exact) mass is 256 g/mol. The molecule has 3 nitrogen and oxygen atoms in total. The van der Waals surface area contributed by atoms with Gasteiger partial charge in [0.1, 0.15) is 5.75 Å². The summed E-state index contributed by atoms with van der Waals surface area (Å²) in [6.07, 6.45) is 3.67. The average Bonchev–Trinajstić information content (AvgIpc) is 2.40. The van der Waals surface area contributed by atoms with Gasteiger partial charge in [-0.15, -0.1) is 0 Å². The highest BCUT2D eigenvalue weighted by Gasteiger charge is 2.14. The van der Waals surface area contributed by atoms with Crippen LogP contribution in [0.3, 0.4) is 0 Å². The lowest BCUT2D eigenvalue weighted by molar-refractivity contribution is 0.411. The summed E-state index contributed by atoms with van der Waals surface area (Å²) in [5, 5.41) is 0. The molecule has 19 heavy (non-hydrogen) atoms. The molecule has 0 spiro atoms. The van der Waals surface area contributed by atoms with Gasteiger partial charge in [0.2, 0.25) is 0 Å². The van der Waals surface area contributed by atoms with E-state index >= 15 is 0 Å². The summed E-state index contributed by atoms with van der Waals surface area (Å²) in [7, 11) is 1.69. The van der Waals surface area contributed by atoms with Crippen molar-refractivity contribution in [3.05, 3.63) is 58.4 Å². The van der Waals surface area contributed by atoms with Gasteiger partial charge in [0, 0.05) is 12.4 Å². The van der Waals surface area contributed by atoms with Gasteiger partial charge in [0.05, 0.1) is 13.2 Å². The van der Waals surface area contributed by atoms with E-state index in [2.05, 4.69) is 24.0 Å². The van der Waals surface area contributed by atoms with Gasteiger partial charge in [0.15, 0.2) is 0 Å². The molecule has 0 fully saturated rings. The number of benzene rings is 1. The Labute approximate surface area is 114 Å². The number of nitrogens with zero attached hydrogens (tertiary/aromatic N) is 1. The Bertz CT molecular complexity index is 593. The predicted molar refractivity (Wildman–Crippen MR) is 77.5 cm³/mol. The summed E-state index contributed by atoms with van der Waals surface area (Å²) < 4.78 is 5.33. The first-order chi connectivity index (χ1) is 9.02. The normalized spacial score (nSPS) is 12.3. The smallest absolute Gasteiger partial charge is 0.122 e. The molecule has 0 bridgehead atoms. The molecule has 0 amide bonds. The first-order valence-corrected chi connectivity index (χ1v) is 6.35. The van der Waals surface area contributed by atoms with E-state index in [0.29, 0.717) is 0 Å². The summed E-state index contributed by atoms with van der Waals surface area (Å²) in [5.41, 5.74) is 11.9. The van der Waals surface area contributed by atoms with Gasteiger partial charge in [-0.05, 0) is 54.7 Å². The van der Waals surface area contributed by atoms with Crippen molar-refractivity contribution in [1.29, 1.82) is 0 Å². The van der Waals surface area contributed by atoms with Crippen LogP contribution in [0.2, 0.25) is 0 Å². The van der Waals surface area contributed by atoms with Gasteiger partial charge in [-0.1, -0.05) is 12.1 Å². The fraction of sp³-hybridized carbons (Fsp3) is 0.312. The van der Waals surface area contributed by atoms with Crippen LogP contribution in [0, 0.1) is 20.8 Å². The van der Waals surface area contributed by atoms with E-state index in [1.165, 1.54) is 0 Å². The van der Waals surface area contributed by atoms with Crippen molar-refractivity contribution in [3.8, 4) is 5.75 Å². The van der Waals surface area contributed by atoms with Crippen LogP contribution in [0.1, 0.15) is 33.9 Å². The Morgan fingerprint density at radius 1 is 1.05 bits per heavy atom. The number of methoxy groups -OCH3 is 1. The van der Waals surface area contributed by atoms with E-state index in [9.17, 15) is 0 Å². The topological polar surface area (TPSA) is 48.1 Å². The maximum atomic E-state index is 6.37. The maximum absolute atomic E-state index is 6.37. The molecule has 1 heterocycles. The molecule has 1 aromatic carbocycles. The highest BCUT2D eigenvalue weighted by molar-refractivity contribution is 5.45. The quantitative estimate of drug-likeness (QED) is 0.918. The second-order valence-electron chi connectivity index (χ2n) is 4.95. The van der Waals surface area contributed by atoms with Crippen molar-refractivity contribution < 1.29 is 4.74 Å². The van der Waals surface area contributed by atoms with Crippen LogP contribution >= 0.6 is 0 Å². The van der Waals surface area contributed by atoms with E-state index in [0.717, 1.165) is 33.6 Å². The highest BCUT2D eigenvalue weighted by Crippen LogP contribution is 2.28. The Balaban J connectivity index is 2.44. The molecule has 1 atom stereocenters. The molecule has 0 aliphatic rings. The predicted octanol–water partition coefficient (Wildman–Crippen LogP) is 3.06. The third kappa shape index (κ3) is 2.76. The molecule has 2 rings (SSSR count). The zero-order valence-electron chi connectivity index (χ0n) is 11.9. The number of hydrogen-bond acceptors (Lipinski definition) is 3. The molecule has 100 valence electrons. The fourth-order valence-corrected chi connectivity index (χ4v) is 2.29. The van der Waals surface area contributed by atoms with Gasteiger partial charge >= 0.3 is 0 Å². The molecule has 0 aliphatic heterocycles. The van der Waals surface area contributed by atoms with Crippen LogP contribution in [-0.4, -0.2) is 12.1 Å². The SMILES string of the molecule is COc1cc(C)c(C(N)c2cncc(C)c2)cc1C. The zero-order chi connectivity index (χ0) is 14.0. The number of rotatable bonds is 3. The zero-order valence-corrected chi connectivity index (χ0v) is 11.9. The van der Waals surface area contributed by atoms with Crippen LogP contribution in [-0.2, 0) is 0 Å². The molecule has 2 aromatic rings. The highest BCUT2D eigenvalue weighted by atomic mass is 16.5. The lowest BCUT2D eigenvalue weighted by Gasteiger charge is -2.17. The number of aromatic nitrogens is 1. The van der Waals surface area contributed by atoms with E-state index < -0.39 is 0 Å². The Kier molecular flexibility index (Phi) is 3.86. The minimum atomic E-state index is -0.156. The van der Waals surface area contributed by atoms with Gasteiger partial charge in [-0.2, -0.15) is 0 Å². The van der Waals surface area contributed by atoms with Gasteiger partial charge in [-0.3, -0.25) is 4.98 Å². The summed E-state index contributed by atoms with van der Waals surface area (Å²) >= 11 is 0. The van der Waals surface area contributed by atoms with Crippen molar-refractivity contribution >= 4 is 0 Å². The molecule has 1 aromatic heterocycles. The minimum absolute atomic E-state index is 0.156. The summed E-state index contributed by atoms with van der Waals surface area (Å²) in [5.74, 6) is 0.899. The molecular weight excluding hydrogens is 236 g/mol. The summed E-state index contributed by atoms with van der Waals surface area (Å²) in [6.45, 7) is 6.11. The number of hydrogen-bond donors (Lipinski definition) is 1. The van der Waals surface area contributed by atoms with Crippen molar-refractivity contribution in [2.24, 2.45) is 5.73 Å². The second-order valence-corrected chi connectivity index (χ2v) is 4.95. The summed E-state index contributed by atoms with van der Waals surface area (Å²) in [4.78, 5) is 4.21. The first kappa shape index (κ1) is 13.6. The molecular formula is C16H20N2O. The Hall–Kier alpha value is -1.87. The largest absolute Gasteiger partial charge is 0.496 e. The number of pyridine rings is 1. The molecule has 0 radical (unpaired) electrons. The third-order valence-electron chi connectivity index (χ3n) is 3.37. The van der Waals surface area contributed by atoms with E-state index in [1.54, 1.807) is 7.11 Å². The van der Waals surface area contributed by atoms with Crippen LogP contribution < -0.4 is 10.5 Å². The first-order valence-electron chi connectivity index (χ1n) is 6.35. The van der Waals surface area contributed by atoms with Gasteiger partial charge in [0.25, 0.3) is 0 Å². The third-order valence-corrected chi connectivity index (χ3v) is 3.37. The van der Waals surface area contributed by atoms with Crippen molar-refractivity contribution in [1.82, 2.24) is 4.98 Å². The lowest BCUT2D eigenvalue weighted by Crippen LogP contribution is -2.14. The number of ether oxygens (including phenoxy) is 1. The molecule has 2 N–H and O–H groups in total. The standard InChI is InChI=1S/C16H20N2O/c1-10-5-13(9-18-8-10)16(17)14-6-12(3)15(19-4)7-11(14)2/h5-9,16H,17H2,1-4H3. The Morgan fingerprint density at radius 2 is 1.79 bits per heavy atom. The minimum Gasteiger partial charge on any atom is -0.496 e. The van der Waals surface area contributed by atoms with Crippen molar-refractivity contribution in [3.63, 3.8) is 0 Å². The molecule has 3 heteroatoms.